The van der Waals surface area contributed by atoms with Gasteiger partial charge in [-0.1, -0.05) is 0 Å². The van der Waals surface area contributed by atoms with Gasteiger partial charge in [-0.15, -0.1) is 0 Å². The number of hydrogen-bond acceptors (Lipinski definition) is 2. The lowest BCUT2D eigenvalue weighted by molar-refractivity contribution is 0.786. The highest BCUT2D eigenvalue weighted by atomic mass is 15.1. The molecule has 0 amide bonds. The SMILES string of the molecule is CC1(C)CN1.CC1NC1C. The second-order valence-corrected chi connectivity index (χ2v) is 3.98. The predicted molar refractivity (Wildman–Crippen MR) is 44.1 cm³/mol. The minimum absolute atomic E-state index is 0.500. The smallest absolute Gasteiger partial charge is 0.0250 e. The fraction of sp³-hybridized carbons (Fsp3) is 1.00. The van der Waals surface area contributed by atoms with Crippen LogP contribution in [0.15, 0.2) is 0 Å². The molecule has 2 saturated heterocycles. The summed E-state index contributed by atoms with van der Waals surface area (Å²) >= 11 is 0. The predicted octanol–water partition coefficient (Wildman–Crippen LogP) is 0.735. The van der Waals surface area contributed by atoms with Gasteiger partial charge in [0.05, 0.1) is 0 Å². The van der Waals surface area contributed by atoms with E-state index >= 15 is 0 Å². The van der Waals surface area contributed by atoms with Crippen LogP contribution in [0.2, 0.25) is 0 Å². The Hall–Kier alpha value is -0.0800. The van der Waals surface area contributed by atoms with Crippen LogP contribution in [0, 0.1) is 0 Å². The highest BCUT2D eigenvalue weighted by Gasteiger charge is 2.29. The maximum atomic E-state index is 3.19. The van der Waals surface area contributed by atoms with Crippen molar-refractivity contribution in [1.29, 1.82) is 0 Å². The molecule has 2 N–H and O–H groups in total. The van der Waals surface area contributed by atoms with Gasteiger partial charge in [-0.05, 0) is 27.7 Å². The first kappa shape index (κ1) is 8.02. The van der Waals surface area contributed by atoms with E-state index in [1.807, 2.05) is 0 Å². The Morgan fingerprint density at radius 1 is 1.20 bits per heavy atom. The Labute approximate surface area is 63.4 Å². The highest BCUT2D eigenvalue weighted by molar-refractivity contribution is 4.94. The van der Waals surface area contributed by atoms with Gasteiger partial charge in [-0.2, -0.15) is 0 Å². The van der Waals surface area contributed by atoms with Crippen molar-refractivity contribution in [2.45, 2.75) is 45.3 Å². The summed E-state index contributed by atoms with van der Waals surface area (Å²) < 4.78 is 0. The summed E-state index contributed by atoms with van der Waals surface area (Å²) in [7, 11) is 0. The van der Waals surface area contributed by atoms with E-state index in [1.54, 1.807) is 0 Å². The van der Waals surface area contributed by atoms with Gasteiger partial charge in [0.25, 0.3) is 0 Å². The molecule has 0 spiro atoms. The molecule has 2 nitrogen and oxygen atoms in total. The standard InChI is InChI=1S/2C4H9N/c1-4(2)3-5-4;1-3-4(2)5-3/h5H,3H2,1-2H3;3-5H,1-2H3. The van der Waals surface area contributed by atoms with E-state index in [4.69, 9.17) is 0 Å². The van der Waals surface area contributed by atoms with Gasteiger partial charge < -0.3 is 10.6 Å². The molecule has 2 aliphatic heterocycles. The van der Waals surface area contributed by atoms with Crippen LogP contribution in [0.3, 0.4) is 0 Å². The zero-order valence-electron chi connectivity index (χ0n) is 7.36. The summed E-state index contributed by atoms with van der Waals surface area (Å²) in [5.74, 6) is 0. The first-order chi connectivity index (χ1) is 4.51. The van der Waals surface area contributed by atoms with Crippen LogP contribution in [-0.2, 0) is 0 Å². The minimum atomic E-state index is 0.500. The third kappa shape index (κ3) is 3.18. The fourth-order valence-corrected chi connectivity index (χ4v) is 0.536. The lowest BCUT2D eigenvalue weighted by Gasteiger charge is -1.84. The summed E-state index contributed by atoms with van der Waals surface area (Å²) in [6, 6.07) is 1.60. The van der Waals surface area contributed by atoms with Crippen molar-refractivity contribution in [1.82, 2.24) is 10.6 Å². The van der Waals surface area contributed by atoms with Crippen LogP contribution in [0.1, 0.15) is 27.7 Å². The molecule has 0 saturated carbocycles. The van der Waals surface area contributed by atoms with Crippen LogP contribution in [0.25, 0.3) is 0 Å². The summed E-state index contributed by atoms with van der Waals surface area (Å²) in [5.41, 5.74) is 0.500. The average molecular weight is 142 g/mol. The molecule has 60 valence electrons. The molecule has 0 aromatic rings. The van der Waals surface area contributed by atoms with Gasteiger partial charge in [0.2, 0.25) is 0 Å². The molecule has 2 unspecified atom stereocenters. The van der Waals surface area contributed by atoms with E-state index in [0.29, 0.717) is 5.54 Å². The average Bonchev–Trinajstić information content (AvgIpc) is 2.60. The molecular weight excluding hydrogens is 124 g/mol. The maximum Gasteiger partial charge on any atom is 0.0250 e. The molecule has 2 rings (SSSR count). The summed E-state index contributed by atoms with van der Waals surface area (Å²) in [6.45, 7) is 9.95. The third-order valence-corrected chi connectivity index (χ3v) is 2.05. The van der Waals surface area contributed by atoms with Crippen molar-refractivity contribution < 1.29 is 0 Å². The van der Waals surface area contributed by atoms with Gasteiger partial charge >= 0.3 is 0 Å². The van der Waals surface area contributed by atoms with E-state index in [2.05, 4.69) is 38.3 Å². The van der Waals surface area contributed by atoms with E-state index < -0.39 is 0 Å². The van der Waals surface area contributed by atoms with Crippen LogP contribution in [-0.4, -0.2) is 24.2 Å². The first-order valence-electron chi connectivity index (χ1n) is 4.02. The molecule has 2 atom stereocenters. The van der Waals surface area contributed by atoms with Gasteiger partial charge in [-0.25, -0.2) is 0 Å². The van der Waals surface area contributed by atoms with E-state index in [-0.39, 0.29) is 0 Å². The molecule has 2 aliphatic rings. The minimum Gasteiger partial charge on any atom is -0.309 e. The number of hydrogen-bond donors (Lipinski definition) is 2. The Morgan fingerprint density at radius 3 is 1.40 bits per heavy atom. The molecule has 0 aromatic heterocycles. The molecule has 2 heterocycles. The molecule has 0 aromatic carbocycles. The largest absolute Gasteiger partial charge is 0.309 e. The van der Waals surface area contributed by atoms with Crippen molar-refractivity contribution in [3.8, 4) is 0 Å². The molecule has 2 heteroatoms. The maximum absolute atomic E-state index is 3.19. The number of nitrogens with one attached hydrogen (secondary N) is 2. The normalized spacial score (nSPS) is 39.6. The quantitative estimate of drug-likeness (QED) is 0.490. The zero-order valence-corrected chi connectivity index (χ0v) is 7.36. The topological polar surface area (TPSA) is 43.9 Å². The van der Waals surface area contributed by atoms with E-state index in [0.717, 1.165) is 12.1 Å². The second-order valence-electron chi connectivity index (χ2n) is 3.98. The third-order valence-electron chi connectivity index (χ3n) is 2.05. The van der Waals surface area contributed by atoms with Crippen molar-refractivity contribution in [3.05, 3.63) is 0 Å². The number of rotatable bonds is 0. The molecule has 0 radical (unpaired) electrons. The molecule has 0 aliphatic carbocycles. The molecular formula is C8H18N2. The fourth-order valence-electron chi connectivity index (χ4n) is 0.536. The van der Waals surface area contributed by atoms with Crippen LogP contribution >= 0.6 is 0 Å². The summed E-state index contributed by atoms with van der Waals surface area (Å²) in [6.07, 6.45) is 0. The van der Waals surface area contributed by atoms with Crippen molar-refractivity contribution in [2.75, 3.05) is 6.54 Å². The monoisotopic (exact) mass is 142 g/mol. The second kappa shape index (κ2) is 2.51. The summed E-state index contributed by atoms with van der Waals surface area (Å²) in [4.78, 5) is 0. The zero-order chi connectivity index (χ0) is 7.78. The van der Waals surface area contributed by atoms with Gasteiger partial charge in [0, 0.05) is 24.2 Å². The Balaban J connectivity index is 0.0000001000. The molecule has 2 fully saturated rings. The van der Waals surface area contributed by atoms with Gasteiger partial charge in [0.1, 0.15) is 0 Å². The Morgan fingerprint density at radius 2 is 1.40 bits per heavy atom. The Bertz CT molecular complexity index is 108. The summed E-state index contributed by atoms with van der Waals surface area (Å²) in [5, 5.41) is 6.37. The molecule has 0 bridgehead atoms. The van der Waals surface area contributed by atoms with Crippen molar-refractivity contribution in [2.24, 2.45) is 0 Å². The van der Waals surface area contributed by atoms with E-state index in [1.165, 1.54) is 6.54 Å². The van der Waals surface area contributed by atoms with Gasteiger partial charge in [0.15, 0.2) is 0 Å². The van der Waals surface area contributed by atoms with Crippen LogP contribution in [0.4, 0.5) is 0 Å². The van der Waals surface area contributed by atoms with Gasteiger partial charge in [-0.3, -0.25) is 0 Å². The van der Waals surface area contributed by atoms with Crippen LogP contribution in [0.5, 0.6) is 0 Å². The first-order valence-corrected chi connectivity index (χ1v) is 4.02. The highest BCUT2D eigenvalue weighted by Crippen LogP contribution is 2.11. The Kier molecular flexibility index (Phi) is 2.02. The van der Waals surface area contributed by atoms with Crippen molar-refractivity contribution in [3.63, 3.8) is 0 Å². The molecule has 10 heavy (non-hydrogen) atoms. The lowest BCUT2D eigenvalue weighted by Crippen LogP contribution is -1.98. The van der Waals surface area contributed by atoms with Crippen molar-refractivity contribution >= 4 is 0 Å². The van der Waals surface area contributed by atoms with E-state index in [9.17, 15) is 0 Å². The lowest BCUT2D eigenvalue weighted by atomic mass is 10.3. The van der Waals surface area contributed by atoms with Crippen LogP contribution < -0.4 is 10.6 Å².